The van der Waals surface area contributed by atoms with E-state index in [0.717, 1.165) is 21.0 Å². The Morgan fingerprint density at radius 3 is 1.97 bits per heavy atom. The lowest BCUT2D eigenvalue weighted by molar-refractivity contribution is -0.120. The molecule has 1 N–H and O–H groups in total. The van der Waals surface area contributed by atoms with Crippen molar-refractivity contribution in [2.75, 3.05) is 10.8 Å². The van der Waals surface area contributed by atoms with Crippen molar-refractivity contribution in [1.82, 2.24) is 5.32 Å². The van der Waals surface area contributed by atoms with Gasteiger partial charge >= 0.3 is 0 Å². The van der Waals surface area contributed by atoms with E-state index in [4.69, 9.17) is 0 Å². The van der Waals surface area contributed by atoms with Crippen LogP contribution in [0.1, 0.15) is 36.1 Å². The van der Waals surface area contributed by atoms with Gasteiger partial charge in [-0.25, -0.2) is 8.42 Å². The van der Waals surface area contributed by atoms with Crippen LogP contribution in [0.25, 0.3) is 0 Å². The molecule has 31 heavy (non-hydrogen) atoms. The number of nitrogens with one attached hydrogen (secondary N) is 1. The summed E-state index contributed by atoms with van der Waals surface area (Å²) in [5, 5.41) is 2.99. The third-order valence-corrected chi connectivity index (χ3v) is 6.95. The summed E-state index contributed by atoms with van der Waals surface area (Å²) in [4.78, 5) is 13.1. The number of para-hydroxylation sites is 1. The Bertz CT molecular complexity index is 1110. The number of sulfonamides is 1. The van der Waals surface area contributed by atoms with Crippen LogP contribution >= 0.6 is 0 Å². The standard InChI is InChI=1S/C25H28N2O3S/c1-4-24(21-14-10-19(2)11-15-21)26-25(28)18-27(22-8-6-5-7-9-22)31(29,30)23-16-12-20(3)13-17-23/h5-17,24H,4,18H2,1-3H3,(H,26,28)/t24-/m0/s1. The first-order chi connectivity index (χ1) is 14.8. The lowest BCUT2D eigenvalue weighted by atomic mass is 10.0. The zero-order chi connectivity index (χ0) is 22.4. The molecule has 0 fully saturated rings. The van der Waals surface area contributed by atoms with Crippen molar-refractivity contribution in [1.29, 1.82) is 0 Å². The van der Waals surface area contributed by atoms with Gasteiger partial charge in [0.15, 0.2) is 0 Å². The van der Waals surface area contributed by atoms with E-state index >= 15 is 0 Å². The zero-order valence-electron chi connectivity index (χ0n) is 18.1. The number of carbonyl (C=O) groups is 1. The average Bonchev–Trinajstić information content (AvgIpc) is 2.77. The molecule has 0 aliphatic heterocycles. The molecule has 0 unspecified atom stereocenters. The fourth-order valence-corrected chi connectivity index (χ4v) is 4.76. The minimum atomic E-state index is -3.91. The normalized spacial score (nSPS) is 12.2. The highest BCUT2D eigenvalue weighted by atomic mass is 32.2. The Kier molecular flexibility index (Phi) is 7.13. The molecular weight excluding hydrogens is 408 g/mol. The Labute approximate surface area is 184 Å². The number of aryl methyl sites for hydroxylation is 2. The van der Waals surface area contributed by atoms with E-state index in [-0.39, 0.29) is 23.4 Å². The Hall–Kier alpha value is -3.12. The van der Waals surface area contributed by atoms with Crippen molar-refractivity contribution in [3.05, 3.63) is 95.6 Å². The van der Waals surface area contributed by atoms with Crippen LogP contribution in [0.5, 0.6) is 0 Å². The molecule has 0 bridgehead atoms. The van der Waals surface area contributed by atoms with Gasteiger partial charge in [-0.05, 0) is 50.1 Å². The monoisotopic (exact) mass is 436 g/mol. The third kappa shape index (κ3) is 5.52. The van der Waals surface area contributed by atoms with Crippen molar-refractivity contribution in [3.63, 3.8) is 0 Å². The first-order valence-electron chi connectivity index (χ1n) is 10.3. The largest absolute Gasteiger partial charge is 0.348 e. The number of hydrogen-bond acceptors (Lipinski definition) is 3. The second-order valence-electron chi connectivity index (χ2n) is 7.60. The van der Waals surface area contributed by atoms with Gasteiger partial charge in [-0.3, -0.25) is 9.10 Å². The van der Waals surface area contributed by atoms with Crippen LogP contribution in [0, 0.1) is 13.8 Å². The predicted octanol–water partition coefficient (Wildman–Crippen LogP) is 4.77. The molecule has 1 amide bonds. The highest BCUT2D eigenvalue weighted by Gasteiger charge is 2.27. The minimum absolute atomic E-state index is 0.153. The highest BCUT2D eigenvalue weighted by molar-refractivity contribution is 7.92. The number of hydrogen-bond donors (Lipinski definition) is 1. The SMILES string of the molecule is CC[C@H](NC(=O)CN(c1ccccc1)S(=O)(=O)c1ccc(C)cc1)c1ccc(C)cc1. The van der Waals surface area contributed by atoms with Crippen LogP contribution in [0.3, 0.4) is 0 Å². The number of anilines is 1. The molecule has 0 spiro atoms. The third-order valence-electron chi connectivity index (χ3n) is 5.16. The van der Waals surface area contributed by atoms with Gasteiger partial charge in [0.25, 0.3) is 10.0 Å². The van der Waals surface area contributed by atoms with Gasteiger partial charge < -0.3 is 5.32 Å². The summed E-state index contributed by atoms with van der Waals surface area (Å²) in [5.74, 6) is -0.355. The highest BCUT2D eigenvalue weighted by Crippen LogP contribution is 2.24. The smallest absolute Gasteiger partial charge is 0.264 e. The summed E-state index contributed by atoms with van der Waals surface area (Å²) in [6, 6.07) is 23.1. The molecule has 162 valence electrons. The summed E-state index contributed by atoms with van der Waals surface area (Å²) < 4.78 is 27.9. The molecule has 0 aliphatic rings. The van der Waals surface area contributed by atoms with Crippen molar-refractivity contribution >= 4 is 21.6 Å². The first-order valence-corrected chi connectivity index (χ1v) is 11.8. The van der Waals surface area contributed by atoms with E-state index in [1.54, 1.807) is 48.5 Å². The topological polar surface area (TPSA) is 66.5 Å². The maximum Gasteiger partial charge on any atom is 0.264 e. The molecule has 3 aromatic carbocycles. The lowest BCUT2D eigenvalue weighted by Gasteiger charge is -2.25. The number of carbonyl (C=O) groups excluding carboxylic acids is 1. The fourth-order valence-electron chi connectivity index (χ4n) is 3.34. The van der Waals surface area contributed by atoms with E-state index in [1.807, 2.05) is 51.1 Å². The molecule has 6 heteroatoms. The van der Waals surface area contributed by atoms with Crippen molar-refractivity contribution < 1.29 is 13.2 Å². The van der Waals surface area contributed by atoms with Gasteiger partial charge in [0.05, 0.1) is 16.6 Å². The summed E-state index contributed by atoms with van der Waals surface area (Å²) in [6.07, 6.45) is 0.699. The van der Waals surface area contributed by atoms with Crippen LogP contribution in [-0.2, 0) is 14.8 Å². The second kappa shape index (κ2) is 9.79. The molecule has 3 aromatic rings. The number of benzene rings is 3. The summed E-state index contributed by atoms with van der Waals surface area (Å²) in [7, 11) is -3.91. The van der Waals surface area contributed by atoms with Crippen LogP contribution in [0.15, 0.2) is 83.8 Å². The fraction of sp³-hybridized carbons (Fsp3) is 0.240. The molecular formula is C25H28N2O3S. The number of amides is 1. The molecule has 0 heterocycles. The maximum absolute atomic E-state index is 13.4. The Balaban J connectivity index is 1.87. The first kappa shape index (κ1) is 22.6. The second-order valence-corrected chi connectivity index (χ2v) is 9.46. The number of nitrogens with zero attached hydrogens (tertiary/aromatic N) is 1. The van der Waals surface area contributed by atoms with Gasteiger partial charge in [-0.2, -0.15) is 0 Å². The van der Waals surface area contributed by atoms with Gasteiger partial charge in [0.2, 0.25) is 5.91 Å². The van der Waals surface area contributed by atoms with Crippen LogP contribution in [0.2, 0.25) is 0 Å². The molecule has 0 saturated carbocycles. The summed E-state index contributed by atoms with van der Waals surface area (Å²) in [6.45, 7) is 5.59. The van der Waals surface area contributed by atoms with Crippen molar-refractivity contribution in [2.24, 2.45) is 0 Å². The van der Waals surface area contributed by atoms with Crippen molar-refractivity contribution in [3.8, 4) is 0 Å². The average molecular weight is 437 g/mol. The zero-order valence-corrected chi connectivity index (χ0v) is 18.9. The molecule has 0 aliphatic carbocycles. The van der Waals surface area contributed by atoms with E-state index < -0.39 is 10.0 Å². The van der Waals surface area contributed by atoms with E-state index in [0.29, 0.717) is 12.1 Å². The molecule has 0 radical (unpaired) electrons. The Morgan fingerprint density at radius 1 is 0.871 bits per heavy atom. The maximum atomic E-state index is 13.4. The van der Waals surface area contributed by atoms with E-state index in [1.165, 1.54) is 0 Å². The summed E-state index contributed by atoms with van der Waals surface area (Å²) >= 11 is 0. The van der Waals surface area contributed by atoms with E-state index in [9.17, 15) is 13.2 Å². The van der Waals surface area contributed by atoms with Crippen molar-refractivity contribution in [2.45, 2.75) is 38.1 Å². The molecule has 0 saturated heterocycles. The van der Waals surface area contributed by atoms with Crippen LogP contribution in [0.4, 0.5) is 5.69 Å². The molecule has 3 rings (SSSR count). The lowest BCUT2D eigenvalue weighted by Crippen LogP contribution is -2.42. The van der Waals surface area contributed by atoms with Crippen LogP contribution < -0.4 is 9.62 Å². The number of rotatable bonds is 8. The van der Waals surface area contributed by atoms with Gasteiger partial charge in [-0.1, -0.05) is 72.6 Å². The Morgan fingerprint density at radius 2 is 1.42 bits per heavy atom. The summed E-state index contributed by atoms with van der Waals surface area (Å²) in [5.41, 5.74) is 3.55. The molecule has 0 aromatic heterocycles. The molecule has 1 atom stereocenters. The van der Waals surface area contributed by atoms with Gasteiger partial charge in [0.1, 0.15) is 6.54 Å². The quantitative estimate of drug-likeness (QED) is 0.553. The van der Waals surface area contributed by atoms with Crippen LogP contribution in [-0.4, -0.2) is 20.9 Å². The van der Waals surface area contributed by atoms with Gasteiger partial charge in [-0.15, -0.1) is 0 Å². The van der Waals surface area contributed by atoms with Gasteiger partial charge in [0, 0.05) is 0 Å². The predicted molar refractivity (Wildman–Crippen MR) is 125 cm³/mol. The van der Waals surface area contributed by atoms with E-state index in [2.05, 4.69) is 5.32 Å². The minimum Gasteiger partial charge on any atom is -0.348 e. The molecule has 5 nitrogen and oxygen atoms in total.